The molecule has 0 radical (unpaired) electrons. The van der Waals surface area contributed by atoms with Crippen molar-refractivity contribution in [1.82, 2.24) is 20.1 Å². The van der Waals surface area contributed by atoms with Crippen LogP contribution >= 0.6 is 11.3 Å². The Kier molecular flexibility index (Phi) is 5.61. The first-order valence-corrected chi connectivity index (χ1v) is 11.9. The fraction of sp³-hybridized carbons (Fsp3) is 0.190. The van der Waals surface area contributed by atoms with Crippen LogP contribution in [0.5, 0.6) is 0 Å². The molecule has 4 aromatic rings. The molecule has 0 saturated carbocycles. The number of amides is 1. The smallest absolute Gasteiger partial charge is 0.252 e. The van der Waals surface area contributed by atoms with Crippen molar-refractivity contribution in [2.75, 3.05) is 6.54 Å². The molecule has 0 aliphatic rings. The predicted octanol–water partition coefficient (Wildman–Crippen LogP) is 2.63. The lowest BCUT2D eigenvalue weighted by Gasteiger charge is -2.09. The fourth-order valence-electron chi connectivity index (χ4n) is 3.44. The number of rotatable bonds is 6. The van der Waals surface area contributed by atoms with Crippen LogP contribution in [-0.2, 0) is 23.5 Å². The summed E-state index contributed by atoms with van der Waals surface area (Å²) in [6, 6.07) is 12.0. The van der Waals surface area contributed by atoms with Crippen LogP contribution in [-0.4, -0.2) is 35.6 Å². The van der Waals surface area contributed by atoms with Gasteiger partial charge in [-0.25, -0.2) is 18.5 Å². The van der Waals surface area contributed by atoms with Gasteiger partial charge in [0.2, 0.25) is 10.0 Å². The molecule has 3 heterocycles. The molecule has 0 unspecified atom stereocenters. The highest BCUT2D eigenvalue weighted by molar-refractivity contribution is 7.89. The van der Waals surface area contributed by atoms with Crippen LogP contribution in [0.1, 0.15) is 21.6 Å². The lowest BCUT2D eigenvalue weighted by Crippen LogP contribution is -2.26. The van der Waals surface area contributed by atoms with Gasteiger partial charge in [-0.15, -0.1) is 11.3 Å². The van der Waals surface area contributed by atoms with Crippen LogP contribution in [0.15, 0.2) is 52.7 Å². The molecule has 8 nitrogen and oxygen atoms in total. The van der Waals surface area contributed by atoms with Crippen LogP contribution in [0, 0.1) is 6.92 Å². The minimum absolute atomic E-state index is 0.0626. The number of hydrogen-bond acceptors (Lipinski definition) is 6. The topological polar surface area (TPSA) is 120 Å². The van der Waals surface area contributed by atoms with Crippen molar-refractivity contribution >= 4 is 38.3 Å². The Hall–Kier alpha value is -3.08. The standard InChI is InChI=1S/C21H21N5O3S2/c1-13-19-16(12-17(18-4-3-11-30-18)24-20(19)26(2)25-13)21(27)23-10-9-14-5-7-15(8-6-14)31(22,28)29/h3-8,11-12H,9-10H2,1-2H3,(H,23,27)(H2,22,28,29). The highest BCUT2D eigenvalue weighted by atomic mass is 32.2. The fourth-order valence-corrected chi connectivity index (χ4v) is 4.64. The van der Waals surface area contributed by atoms with E-state index in [9.17, 15) is 13.2 Å². The van der Waals surface area contributed by atoms with Crippen molar-refractivity contribution < 1.29 is 13.2 Å². The molecule has 0 aliphatic carbocycles. The summed E-state index contributed by atoms with van der Waals surface area (Å²) in [4.78, 5) is 18.8. The van der Waals surface area contributed by atoms with E-state index in [1.165, 1.54) is 12.1 Å². The van der Waals surface area contributed by atoms with Crippen LogP contribution in [0.25, 0.3) is 21.6 Å². The predicted molar refractivity (Wildman–Crippen MR) is 120 cm³/mol. The summed E-state index contributed by atoms with van der Waals surface area (Å²) in [5, 5.41) is 15.2. The van der Waals surface area contributed by atoms with E-state index in [0.29, 0.717) is 24.2 Å². The summed E-state index contributed by atoms with van der Waals surface area (Å²) >= 11 is 1.56. The van der Waals surface area contributed by atoms with E-state index in [2.05, 4.69) is 10.4 Å². The number of aromatic nitrogens is 3. The number of pyridine rings is 1. The lowest BCUT2D eigenvalue weighted by molar-refractivity contribution is 0.0955. The second-order valence-electron chi connectivity index (χ2n) is 7.13. The maximum absolute atomic E-state index is 13.0. The third kappa shape index (κ3) is 4.36. The van der Waals surface area contributed by atoms with Crippen LogP contribution < -0.4 is 10.5 Å². The van der Waals surface area contributed by atoms with Gasteiger partial charge in [-0.1, -0.05) is 18.2 Å². The average Bonchev–Trinajstić information content (AvgIpc) is 3.36. The van der Waals surface area contributed by atoms with Crippen LogP contribution in [0.4, 0.5) is 0 Å². The quantitative estimate of drug-likeness (QED) is 0.463. The molecule has 0 bridgehead atoms. The summed E-state index contributed by atoms with van der Waals surface area (Å²) in [5.74, 6) is -0.206. The number of benzene rings is 1. The number of nitrogens with two attached hydrogens (primary N) is 1. The Balaban J connectivity index is 1.56. The van der Waals surface area contributed by atoms with Gasteiger partial charge in [-0.05, 0) is 48.6 Å². The highest BCUT2D eigenvalue weighted by Crippen LogP contribution is 2.29. The Morgan fingerprint density at radius 1 is 1.23 bits per heavy atom. The minimum atomic E-state index is -3.72. The maximum Gasteiger partial charge on any atom is 0.252 e. The summed E-state index contributed by atoms with van der Waals surface area (Å²) in [6.45, 7) is 2.25. The molecule has 1 aromatic carbocycles. The molecular formula is C21H21N5O3S2. The third-order valence-corrected chi connectivity index (χ3v) is 6.76. The lowest BCUT2D eigenvalue weighted by atomic mass is 10.1. The van der Waals surface area contributed by atoms with Crippen molar-refractivity contribution in [2.45, 2.75) is 18.2 Å². The molecule has 0 fully saturated rings. The maximum atomic E-state index is 13.0. The number of aryl methyl sites for hydroxylation is 2. The largest absolute Gasteiger partial charge is 0.352 e. The molecule has 10 heteroatoms. The van der Waals surface area contributed by atoms with Gasteiger partial charge < -0.3 is 5.32 Å². The minimum Gasteiger partial charge on any atom is -0.352 e. The van der Waals surface area contributed by atoms with E-state index in [0.717, 1.165) is 27.2 Å². The number of sulfonamides is 1. The summed E-state index contributed by atoms with van der Waals surface area (Å²) in [6.07, 6.45) is 0.550. The highest BCUT2D eigenvalue weighted by Gasteiger charge is 2.19. The van der Waals surface area contributed by atoms with Gasteiger partial charge in [-0.3, -0.25) is 9.48 Å². The molecule has 4 rings (SSSR count). The number of primary sulfonamides is 1. The van der Waals surface area contributed by atoms with Crippen molar-refractivity contribution in [3.8, 4) is 10.6 Å². The Morgan fingerprint density at radius 2 is 1.97 bits per heavy atom. The molecule has 0 saturated heterocycles. The van der Waals surface area contributed by atoms with Gasteiger partial charge in [0, 0.05) is 13.6 Å². The zero-order chi connectivity index (χ0) is 22.2. The summed E-state index contributed by atoms with van der Waals surface area (Å²) < 4.78 is 24.4. The Bertz CT molecular complexity index is 1360. The first-order chi connectivity index (χ1) is 14.7. The molecule has 3 aromatic heterocycles. The molecule has 3 N–H and O–H groups in total. The second kappa shape index (κ2) is 8.22. The van der Waals surface area contributed by atoms with E-state index >= 15 is 0 Å². The zero-order valence-electron chi connectivity index (χ0n) is 17.0. The zero-order valence-corrected chi connectivity index (χ0v) is 18.6. The van der Waals surface area contributed by atoms with E-state index in [-0.39, 0.29) is 10.8 Å². The Labute approximate surface area is 183 Å². The number of nitrogens with one attached hydrogen (secondary N) is 1. The molecule has 0 atom stereocenters. The molecule has 0 spiro atoms. The SMILES string of the molecule is Cc1nn(C)c2nc(-c3cccs3)cc(C(=O)NCCc3ccc(S(N)(=O)=O)cc3)c12. The monoisotopic (exact) mass is 455 g/mol. The number of fused-ring (bicyclic) bond motifs is 1. The number of thiophene rings is 1. The van der Waals surface area contributed by atoms with Crippen molar-refractivity contribution in [2.24, 2.45) is 12.2 Å². The molecule has 1 amide bonds. The van der Waals surface area contributed by atoms with Crippen LogP contribution in [0.2, 0.25) is 0 Å². The second-order valence-corrected chi connectivity index (χ2v) is 9.64. The number of nitrogens with zero attached hydrogens (tertiary/aromatic N) is 3. The molecule has 160 valence electrons. The van der Waals surface area contributed by atoms with Gasteiger partial charge in [0.25, 0.3) is 5.91 Å². The number of carbonyl (C=O) groups is 1. The normalized spacial score (nSPS) is 11.7. The summed E-state index contributed by atoms with van der Waals surface area (Å²) in [7, 11) is -1.91. The molecule has 31 heavy (non-hydrogen) atoms. The van der Waals surface area contributed by atoms with Crippen LogP contribution in [0.3, 0.4) is 0 Å². The summed E-state index contributed by atoms with van der Waals surface area (Å²) in [5.41, 5.74) is 3.56. The Morgan fingerprint density at radius 3 is 2.61 bits per heavy atom. The van der Waals surface area contributed by atoms with Crippen molar-refractivity contribution in [3.63, 3.8) is 0 Å². The average molecular weight is 456 g/mol. The van der Waals surface area contributed by atoms with E-state index in [1.54, 1.807) is 34.2 Å². The third-order valence-electron chi connectivity index (χ3n) is 4.94. The first-order valence-electron chi connectivity index (χ1n) is 9.52. The van der Waals surface area contributed by atoms with E-state index < -0.39 is 10.0 Å². The number of hydrogen-bond donors (Lipinski definition) is 2. The van der Waals surface area contributed by atoms with Gasteiger partial charge >= 0.3 is 0 Å². The van der Waals surface area contributed by atoms with E-state index in [1.807, 2.05) is 31.5 Å². The van der Waals surface area contributed by atoms with Crippen molar-refractivity contribution in [3.05, 3.63) is 64.7 Å². The first kappa shape index (κ1) is 21.2. The number of carbonyl (C=O) groups excluding carboxylic acids is 1. The molecular weight excluding hydrogens is 434 g/mol. The van der Waals surface area contributed by atoms with Crippen molar-refractivity contribution in [1.29, 1.82) is 0 Å². The van der Waals surface area contributed by atoms with Gasteiger partial charge in [-0.2, -0.15) is 5.10 Å². The van der Waals surface area contributed by atoms with Gasteiger partial charge in [0.05, 0.1) is 32.1 Å². The van der Waals surface area contributed by atoms with Gasteiger partial charge in [0.1, 0.15) is 0 Å². The van der Waals surface area contributed by atoms with Gasteiger partial charge in [0.15, 0.2) is 5.65 Å². The van der Waals surface area contributed by atoms with E-state index in [4.69, 9.17) is 10.1 Å². The molecule has 0 aliphatic heterocycles.